The molecule has 0 saturated heterocycles. The van der Waals surface area contributed by atoms with Gasteiger partial charge in [-0.3, -0.25) is 9.59 Å². The lowest BCUT2D eigenvalue weighted by Gasteiger charge is -2.57. The van der Waals surface area contributed by atoms with E-state index in [4.69, 9.17) is 0 Å². The molecular weight excluding hydrogens is 360 g/mol. The van der Waals surface area contributed by atoms with Gasteiger partial charge in [-0.25, -0.2) is 5.01 Å². The Morgan fingerprint density at radius 2 is 1.62 bits per heavy atom. The van der Waals surface area contributed by atoms with Crippen molar-refractivity contribution < 1.29 is 9.59 Å². The van der Waals surface area contributed by atoms with Gasteiger partial charge in [0.25, 0.3) is 5.91 Å². The maximum Gasteiger partial charge on any atom is 0.259 e. The third-order valence-corrected chi connectivity index (χ3v) is 7.88. The van der Waals surface area contributed by atoms with Crippen LogP contribution in [0.25, 0.3) is 0 Å². The molecule has 4 heteroatoms. The number of ketones is 1. The molecule has 3 rings (SSSR count). The normalized spacial score (nSPS) is 23.7. The third kappa shape index (κ3) is 3.25. The Morgan fingerprint density at radius 1 is 1.07 bits per heavy atom. The molecule has 0 fully saturated rings. The van der Waals surface area contributed by atoms with Crippen LogP contribution >= 0.6 is 0 Å². The smallest absolute Gasteiger partial charge is 0.259 e. The Labute approximate surface area is 176 Å². The van der Waals surface area contributed by atoms with Crippen molar-refractivity contribution in [2.24, 2.45) is 21.8 Å². The first kappa shape index (κ1) is 23.3. The van der Waals surface area contributed by atoms with Crippen LogP contribution in [0.5, 0.6) is 0 Å². The number of hydrogen-bond acceptors (Lipinski definition) is 3. The number of amides is 1. The summed E-state index contributed by atoms with van der Waals surface area (Å²) < 4.78 is 0. The van der Waals surface area contributed by atoms with Gasteiger partial charge in [0.1, 0.15) is 5.92 Å². The standard InChI is InChI=1S/C23H32N2O2.C2H6/c1-13-16(19(26)17-14(2)24-25(9)20(17)27)11-10-15-12-21(3,4)23(7,8)22(5,6)18(13)15;1-2/h10-11,17H,12H2,1-9H3;1-2H3. The minimum absolute atomic E-state index is 0.0558. The fraction of sp³-hybridized carbons (Fsp3) is 0.640. The molecule has 0 aromatic heterocycles. The van der Waals surface area contributed by atoms with Gasteiger partial charge in [-0.05, 0) is 53.2 Å². The maximum atomic E-state index is 13.3. The number of Topliss-reactive ketones (excluding diaryl/α,β-unsaturated/α-hetero) is 1. The van der Waals surface area contributed by atoms with Crippen LogP contribution in [-0.4, -0.2) is 29.5 Å². The van der Waals surface area contributed by atoms with E-state index in [1.54, 1.807) is 14.0 Å². The summed E-state index contributed by atoms with van der Waals surface area (Å²) >= 11 is 0. The van der Waals surface area contributed by atoms with Crippen molar-refractivity contribution >= 4 is 17.4 Å². The first-order valence-electron chi connectivity index (χ1n) is 10.7. The Bertz CT molecular complexity index is 875. The van der Waals surface area contributed by atoms with E-state index in [9.17, 15) is 9.59 Å². The summed E-state index contributed by atoms with van der Waals surface area (Å²) in [6.07, 6.45) is 0.986. The van der Waals surface area contributed by atoms with Crippen LogP contribution in [0.2, 0.25) is 0 Å². The van der Waals surface area contributed by atoms with Crippen molar-refractivity contribution in [1.29, 1.82) is 0 Å². The van der Waals surface area contributed by atoms with Crippen molar-refractivity contribution in [3.05, 3.63) is 34.4 Å². The number of carbonyl (C=O) groups excluding carboxylic acids is 2. The van der Waals surface area contributed by atoms with E-state index in [1.807, 2.05) is 26.8 Å². The largest absolute Gasteiger partial charge is 0.293 e. The van der Waals surface area contributed by atoms with Crippen molar-refractivity contribution in [3.63, 3.8) is 0 Å². The molecule has 1 amide bonds. The number of hydrogen-bond donors (Lipinski definition) is 0. The fourth-order valence-corrected chi connectivity index (χ4v) is 5.07. The molecule has 29 heavy (non-hydrogen) atoms. The zero-order valence-corrected chi connectivity index (χ0v) is 20.2. The summed E-state index contributed by atoms with van der Waals surface area (Å²) in [4.78, 5) is 25.7. The van der Waals surface area contributed by atoms with E-state index in [0.29, 0.717) is 11.3 Å². The molecule has 0 saturated carbocycles. The lowest BCUT2D eigenvalue weighted by Crippen LogP contribution is -2.52. The van der Waals surface area contributed by atoms with Gasteiger partial charge in [0.2, 0.25) is 0 Å². The average Bonchev–Trinajstić information content (AvgIpc) is 2.86. The Kier molecular flexibility index (Phi) is 5.93. The second-order valence-corrected chi connectivity index (χ2v) is 9.98. The highest BCUT2D eigenvalue weighted by molar-refractivity contribution is 6.26. The van der Waals surface area contributed by atoms with E-state index in [0.717, 1.165) is 12.0 Å². The van der Waals surface area contributed by atoms with Crippen molar-refractivity contribution in [3.8, 4) is 0 Å². The van der Waals surface area contributed by atoms with Crippen LogP contribution in [0.3, 0.4) is 0 Å². The highest BCUT2D eigenvalue weighted by Crippen LogP contribution is 2.59. The second kappa shape index (κ2) is 7.37. The summed E-state index contributed by atoms with van der Waals surface area (Å²) in [7, 11) is 1.60. The van der Waals surface area contributed by atoms with Gasteiger partial charge in [-0.2, -0.15) is 5.10 Å². The molecule has 0 spiro atoms. The molecule has 1 aliphatic carbocycles. The van der Waals surface area contributed by atoms with Crippen LogP contribution in [0, 0.1) is 23.7 Å². The van der Waals surface area contributed by atoms with Gasteiger partial charge in [0, 0.05) is 12.6 Å². The number of carbonyl (C=O) groups is 2. The minimum atomic E-state index is -0.789. The second-order valence-electron chi connectivity index (χ2n) is 9.98. The summed E-state index contributed by atoms with van der Waals surface area (Å²) in [5.41, 5.74) is 4.94. The number of nitrogens with zero attached hydrogens (tertiary/aromatic N) is 2. The Morgan fingerprint density at radius 3 is 2.10 bits per heavy atom. The summed E-state index contributed by atoms with van der Waals surface area (Å²) in [5.74, 6) is -1.16. The highest BCUT2D eigenvalue weighted by Gasteiger charge is 2.53. The molecule has 1 atom stereocenters. The van der Waals surface area contributed by atoms with E-state index in [1.165, 1.54) is 16.1 Å². The van der Waals surface area contributed by atoms with Crippen LogP contribution < -0.4 is 0 Å². The Hall–Kier alpha value is -1.97. The third-order valence-electron chi connectivity index (χ3n) is 7.88. The summed E-state index contributed by atoms with van der Waals surface area (Å²) in [6.45, 7) is 21.7. The monoisotopic (exact) mass is 398 g/mol. The van der Waals surface area contributed by atoms with Crippen LogP contribution in [0.4, 0.5) is 0 Å². The van der Waals surface area contributed by atoms with Gasteiger partial charge in [0.05, 0.1) is 5.71 Å². The molecule has 1 unspecified atom stereocenters. The summed E-state index contributed by atoms with van der Waals surface area (Å²) in [6, 6.07) is 4.02. The molecule has 0 N–H and O–H groups in total. The first-order chi connectivity index (χ1) is 13.2. The molecule has 1 aromatic rings. The molecule has 160 valence electrons. The fourth-order valence-electron chi connectivity index (χ4n) is 5.07. The van der Waals surface area contributed by atoms with Crippen LogP contribution in [0.15, 0.2) is 17.2 Å². The van der Waals surface area contributed by atoms with Crippen molar-refractivity contribution in [2.45, 2.75) is 81.1 Å². The van der Waals surface area contributed by atoms with E-state index in [-0.39, 0.29) is 27.9 Å². The van der Waals surface area contributed by atoms with Crippen molar-refractivity contribution in [2.75, 3.05) is 7.05 Å². The number of rotatable bonds is 2. The summed E-state index contributed by atoms with van der Waals surface area (Å²) in [5, 5.41) is 5.44. The predicted octanol–water partition coefficient (Wildman–Crippen LogP) is 5.55. The quantitative estimate of drug-likeness (QED) is 0.484. The SMILES string of the molecule is CC.CC1=NN(C)C(=O)C1C(=O)c1ccc2c(c1C)C(C)(C)C(C)(C)C(C)(C)C2. The molecule has 0 bridgehead atoms. The molecule has 1 aromatic carbocycles. The topological polar surface area (TPSA) is 49.7 Å². The lowest BCUT2D eigenvalue weighted by molar-refractivity contribution is -0.129. The lowest BCUT2D eigenvalue weighted by atomic mass is 9.47. The number of fused-ring (bicyclic) bond motifs is 1. The molecule has 1 aliphatic heterocycles. The minimum Gasteiger partial charge on any atom is -0.293 e. The van der Waals surface area contributed by atoms with Crippen LogP contribution in [0.1, 0.15) is 89.4 Å². The Balaban J connectivity index is 0.00000145. The van der Waals surface area contributed by atoms with Crippen molar-refractivity contribution in [1.82, 2.24) is 5.01 Å². The van der Waals surface area contributed by atoms with E-state index in [2.05, 4.69) is 52.7 Å². The predicted molar refractivity (Wildman–Crippen MR) is 121 cm³/mol. The molecular formula is C25H38N2O2. The molecule has 2 aliphatic rings. The zero-order chi connectivity index (χ0) is 22.5. The molecule has 0 radical (unpaired) electrons. The van der Waals surface area contributed by atoms with E-state index >= 15 is 0 Å². The molecule has 4 nitrogen and oxygen atoms in total. The van der Waals surface area contributed by atoms with Gasteiger partial charge < -0.3 is 0 Å². The highest BCUT2D eigenvalue weighted by atomic mass is 16.2. The first-order valence-corrected chi connectivity index (χ1v) is 10.7. The average molecular weight is 399 g/mol. The van der Waals surface area contributed by atoms with E-state index < -0.39 is 5.92 Å². The zero-order valence-electron chi connectivity index (χ0n) is 20.2. The number of hydrazone groups is 1. The van der Waals surface area contributed by atoms with Gasteiger partial charge in [0.15, 0.2) is 5.78 Å². The van der Waals surface area contributed by atoms with Gasteiger partial charge in [-0.15, -0.1) is 0 Å². The number of benzene rings is 1. The molecule has 1 heterocycles. The van der Waals surface area contributed by atoms with Gasteiger partial charge in [-0.1, -0.05) is 67.5 Å². The maximum absolute atomic E-state index is 13.3. The van der Waals surface area contributed by atoms with Gasteiger partial charge >= 0.3 is 0 Å². The van der Waals surface area contributed by atoms with Crippen LogP contribution in [-0.2, 0) is 16.6 Å².